The standard InChI is InChI=1S/C18H18BrN3O2S/c1-18(2)5-3-4-9-11(10-6-8(19)7-24-10)12-13(20)14(16(21)23)25-17(12)22-15(9)18/h6-7H,3-5,20H2,1-2H3,(H2,21,23). The summed E-state index contributed by atoms with van der Waals surface area (Å²) in [6.45, 7) is 4.41. The first-order valence-corrected chi connectivity index (χ1v) is 9.70. The molecule has 0 atom stereocenters. The van der Waals surface area contributed by atoms with Gasteiger partial charge in [-0.2, -0.15) is 0 Å². The Kier molecular flexibility index (Phi) is 3.70. The third-order valence-corrected chi connectivity index (χ3v) is 6.41. The number of nitrogens with zero attached hydrogens (tertiary/aromatic N) is 1. The lowest BCUT2D eigenvalue weighted by atomic mass is 9.74. The van der Waals surface area contributed by atoms with Crippen LogP contribution in [-0.2, 0) is 11.8 Å². The number of fused-ring (bicyclic) bond motifs is 2. The van der Waals surface area contributed by atoms with E-state index < -0.39 is 5.91 Å². The van der Waals surface area contributed by atoms with Gasteiger partial charge in [0.1, 0.15) is 21.7 Å². The molecular weight excluding hydrogens is 402 g/mol. The molecule has 3 aromatic heterocycles. The second-order valence-electron chi connectivity index (χ2n) is 7.07. The van der Waals surface area contributed by atoms with Crippen molar-refractivity contribution in [1.82, 2.24) is 4.98 Å². The summed E-state index contributed by atoms with van der Waals surface area (Å²) in [6.07, 6.45) is 4.72. The number of carbonyl (C=O) groups excluding carboxylic acids is 1. The number of thiophene rings is 1. The van der Waals surface area contributed by atoms with Gasteiger partial charge in [-0.15, -0.1) is 11.3 Å². The number of nitrogens with two attached hydrogens (primary N) is 2. The van der Waals surface area contributed by atoms with Gasteiger partial charge in [0.15, 0.2) is 0 Å². The van der Waals surface area contributed by atoms with E-state index in [-0.39, 0.29) is 5.41 Å². The van der Waals surface area contributed by atoms with Gasteiger partial charge >= 0.3 is 0 Å². The molecule has 0 unspecified atom stereocenters. The Bertz CT molecular complexity index is 1020. The summed E-state index contributed by atoms with van der Waals surface area (Å²) in [5, 5.41) is 0.775. The maximum absolute atomic E-state index is 11.8. The SMILES string of the molecule is CC1(C)CCCc2c1nc1sc(C(N)=O)c(N)c1c2-c1cc(Br)co1. The van der Waals surface area contributed by atoms with Crippen LogP contribution in [0.4, 0.5) is 5.69 Å². The fraction of sp³-hybridized carbons (Fsp3) is 0.333. The highest BCUT2D eigenvalue weighted by Gasteiger charge is 2.34. The highest BCUT2D eigenvalue weighted by Crippen LogP contribution is 2.47. The normalized spacial score (nSPS) is 16.1. The van der Waals surface area contributed by atoms with E-state index in [1.807, 2.05) is 6.07 Å². The third-order valence-electron chi connectivity index (χ3n) is 4.88. The van der Waals surface area contributed by atoms with Crippen molar-refractivity contribution in [1.29, 1.82) is 0 Å². The number of amides is 1. The molecule has 0 aromatic carbocycles. The first-order valence-electron chi connectivity index (χ1n) is 8.09. The Morgan fingerprint density at radius 1 is 1.44 bits per heavy atom. The lowest BCUT2D eigenvalue weighted by Crippen LogP contribution is -2.26. The van der Waals surface area contributed by atoms with Crippen molar-refractivity contribution in [2.24, 2.45) is 5.73 Å². The monoisotopic (exact) mass is 419 g/mol. The van der Waals surface area contributed by atoms with Crippen molar-refractivity contribution >= 4 is 49.1 Å². The Labute approximate surface area is 157 Å². The molecule has 1 aliphatic rings. The van der Waals surface area contributed by atoms with Crippen molar-refractivity contribution < 1.29 is 9.21 Å². The van der Waals surface area contributed by atoms with E-state index in [2.05, 4.69) is 29.8 Å². The Morgan fingerprint density at radius 3 is 2.84 bits per heavy atom. The quantitative estimate of drug-likeness (QED) is 0.633. The van der Waals surface area contributed by atoms with Gasteiger partial charge in [-0.05, 0) is 46.8 Å². The van der Waals surface area contributed by atoms with Crippen LogP contribution in [0.15, 0.2) is 21.2 Å². The predicted molar refractivity (Wildman–Crippen MR) is 104 cm³/mol. The molecule has 3 aromatic rings. The average Bonchev–Trinajstić information content (AvgIpc) is 3.10. The summed E-state index contributed by atoms with van der Waals surface area (Å²) in [6, 6.07) is 1.93. The van der Waals surface area contributed by atoms with Gasteiger partial charge in [-0.1, -0.05) is 13.8 Å². The Morgan fingerprint density at radius 2 is 2.20 bits per heavy atom. The summed E-state index contributed by atoms with van der Waals surface area (Å²) in [4.78, 5) is 17.8. The highest BCUT2D eigenvalue weighted by atomic mass is 79.9. The largest absolute Gasteiger partial charge is 0.463 e. The summed E-state index contributed by atoms with van der Waals surface area (Å²) >= 11 is 4.70. The number of hydrogen-bond acceptors (Lipinski definition) is 5. The van der Waals surface area contributed by atoms with Crippen molar-refractivity contribution in [3.8, 4) is 11.3 Å². The molecule has 5 nitrogen and oxygen atoms in total. The summed E-state index contributed by atoms with van der Waals surface area (Å²) in [5.74, 6) is 0.207. The number of hydrogen-bond donors (Lipinski definition) is 2. The minimum Gasteiger partial charge on any atom is -0.463 e. The smallest absolute Gasteiger partial charge is 0.260 e. The zero-order valence-electron chi connectivity index (χ0n) is 14.0. The van der Waals surface area contributed by atoms with Crippen LogP contribution in [0.25, 0.3) is 21.5 Å². The minimum absolute atomic E-state index is 0.0357. The molecule has 0 radical (unpaired) electrons. The Balaban J connectivity index is 2.16. The predicted octanol–water partition coefficient (Wildman–Crippen LogP) is 4.61. The van der Waals surface area contributed by atoms with Crippen molar-refractivity contribution in [3.05, 3.63) is 32.9 Å². The molecule has 1 aliphatic carbocycles. The van der Waals surface area contributed by atoms with E-state index in [0.29, 0.717) is 10.6 Å². The number of rotatable bonds is 2. The molecule has 0 bridgehead atoms. The molecule has 7 heteroatoms. The van der Waals surface area contributed by atoms with E-state index in [0.717, 1.165) is 56.5 Å². The van der Waals surface area contributed by atoms with Crippen molar-refractivity contribution in [2.45, 2.75) is 38.5 Å². The van der Waals surface area contributed by atoms with Crippen LogP contribution in [0.3, 0.4) is 0 Å². The van der Waals surface area contributed by atoms with Crippen LogP contribution < -0.4 is 11.5 Å². The molecule has 25 heavy (non-hydrogen) atoms. The second-order valence-corrected chi connectivity index (χ2v) is 8.98. The fourth-order valence-electron chi connectivity index (χ4n) is 3.72. The fourth-order valence-corrected chi connectivity index (χ4v) is 4.98. The van der Waals surface area contributed by atoms with Crippen LogP contribution in [-0.4, -0.2) is 10.9 Å². The molecule has 0 spiro atoms. The van der Waals surface area contributed by atoms with Crippen molar-refractivity contribution in [2.75, 3.05) is 5.73 Å². The average molecular weight is 420 g/mol. The third kappa shape index (κ3) is 2.48. The number of aromatic nitrogens is 1. The molecule has 130 valence electrons. The lowest BCUT2D eigenvalue weighted by molar-refractivity contribution is 0.100. The van der Waals surface area contributed by atoms with Gasteiger partial charge < -0.3 is 15.9 Å². The van der Waals surface area contributed by atoms with E-state index in [1.54, 1.807) is 6.26 Å². The van der Waals surface area contributed by atoms with Crippen LogP contribution in [0.2, 0.25) is 0 Å². The molecule has 0 fully saturated rings. The van der Waals surface area contributed by atoms with Gasteiger partial charge in [0.2, 0.25) is 0 Å². The number of carbonyl (C=O) groups is 1. The van der Waals surface area contributed by atoms with Gasteiger partial charge in [0, 0.05) is 16.4 Å². The minimum atomic E-state index is -0.524. The molecular formula is C18H18BrN3O2S. The summed E-state index contributed by atoms with van der Waals surface area (Å²) in [7, 11) is 0. The van der Waals surface area contributed by atoms with E-state index >= 15 is 0 Å². The van der Waals surface area contributed by atoms with Gasteiger partial charge in [-0.25, -0.2) is 4.98 Å². The molecule has 0 aliphatic heterocycles. The van der Waals surface area contributed by atoms with Crippen LogP contribution in [0, 0.1) is 0 Å². The van der Waals surface area contributed by atoms with Crippen LogP contribution >= 0.6 is 27.3 Å². The second kappa shape index (κ2) is 5.57. The topological polar surface area (TPSA) is 95.1 Å². The lowest BCUT2D eigenvalue weighted by Gasteiger charge is -2.32. The van der Waals surface area contributed by atoms with Gasteiger partial charge in [-0.3, -0.25) is 4.79 Å². The zero-order chi connectivity index (χ0) is 17.9. The number of primary amides is 1. The molecule has 0 saturated heterocycles. The molecule has 4 rings (SSSR count). The van der Waals surface area contributed by atoms with Crippen LogP contribution in [0.5, 0.6) is 0 Å². The molecule has 3 heterocycles. The number of furan rings is 1. The number of nitrogen functional groups attached to an aromatic ring is 1. The zero-order valence-corrected chi connectivity index (χ0v) is 16.4. The Hall–Kier alpha value is -1.86. The highest BCUT2D eigenvalue weighted by molar-refractivity contribution is 9.10. The van der Waals surface area contributed by atoms with E-state index in [1.165, 1.54) is 11.3 Å². The summed E-state index contributed by atoms with van der Waals surface area (Å²) in [5.41, 5.74) is 15.3. The van der Waals surface area contributed by atoms with Crippen molar-refractivity contribution in [3.63, 3.8) is 0 Å². The summed E-state index contributed by atoms with van der Waals surface area (Å²) < 4.78 is 6.64. The first kappa shape index (κ1) is 16.6. The molecule has 0 saturated carbocycles. The molecule has 1 amide bonds. The number of anilines is 1. The first-order chi connectivity index (χ1) is 11.8. The van der Waals surface area contributed by atoms with Gasteiger partial charge in [0.05, 0.1) is 15.9 Å². The van der Waals surface area contributed by atoms with E-state index in [9.17, 15) is 4.79 Å². The van der Waals surface area contributed by atoms with Crippen LogP contribution in [0.1, 0.15) is 47.6 Å². The van der Waals surface area contributed by atoms with Gasteiger partial charge in [0.25, 0.3) is 5.91 Å². The number of pyridine rings is 1. The maximum Gasteiger partial charge on any atom is 0.260 e. The molecule has 4 N–H and O–H groups in total. The van der Waals surface area contributed by atoms with E-state index in [4.69, 9.17) is 20.9 Å². The maximum atomic E-state index is 11.8. The number of halogens is 1.